The third-order valence-electron chi connectivity index (χ3n) is 5.81. The number of hydrogen-bond acceptors (Lipinski definition) is 3. The van der Waals surface area contributed by atoms with Gasteiger partial charge in [-0.25, -0.2) is 9.18 Å². The number of ether oxygens (including phenoxy) is 1. The Bertz CT molecular complexity index is 659. The molecule has 2 heterocycles. The molecule has 6 heteroatoms. The molecule has 1 atom stereocenters. The fraction of sp³-hybridized carbons (Fsp3) is 0.650. The second-order valence-electron chi connectivity index (χ2n) is 8.04. The molecule has 1 aliphatic carbocycles. The third kappa shape index (κ3) is 4.58. The summed E-state index contributed by atoms with van der Waals surface area (Å²) in [6, 6.07) is 4.93. The summed E-state index contributed by atoms with van der Waals surface area (Å²) in [6.07, 6.45) is 5.51. The van der Waals surface area contributed by atoms with E-state index in [0.717, 1.165) is 62.0 Å². The van der Waals surface area contributed by atoms with Gasteiger partial charge in [0.2, 0.25) is 0 Å². The first-order valence-corrected chi connectivity index (χ1v) is 10.5. The minimum Gasteiger partial charge on any atom is -0.443 e. The minimum absolute atomic E-state index is 0.00941. The van der Waals surface area contributed by atoms with Gasteiger partial charge in [0, 0.05) is 17.6 Å². The molecule has 2 saturated heterocycles. The number of halogens is 2. The van der Waals surface area contributed by atoms with Crippen LogP contribution in [0.5, 0.6) is 0 Å². The molecule has 3 fully saturated rings. The highest BCUT2D eigenvalue weighted by molar-refractivity contribution is 9.10. The summed E-state index contributed by atoms with van der Waals surface area (Å²) < 4.78 is 20.0. The highest BCUT2D eigenvalue weighted by Gasteiger charge is 2.36. The van der Waals surface area contributed by atoms with Gasteiger partial charge < -0.3 is 9.64 Å². The van der Waals surface area contributed by atoms with Crippen LogP contribution >= 0.6 is 15.9 Å². The Morgan fingerprint density at radius 1 is 1.12 bits per heavy atom. The molecule has 1 saturated carbocycles. The van der Waals surface area contributed by atoms with Crippen molar-refractivity contribution in [3.05, 3.63) is 34.1 Å². The molecule has 26 heavy (non-hydrogen) atoms. The molecule has 0 radical (unpaired) electrons. The van der Waals surface area contributed by atoms with E-state index in [9.17, 15) is 9.18 Å². The summed E-state index contributed by atoms with van der Waals surface area (Å²) >= 11 is 3.53. The van der Waals surface area contributed by atoms with E-state index in [2.05, 4.69) is 20.8 Å². The van der Waals surface area contributed by atoms with Crippen LogP contribution in [0.15, 0.2) is 22.7 Å². The molecule has 0 aromatic heterocycles. The van der Waals surface area contributed by atoms with Crippen molar-refractivity contribution >= 4 is 22.0 Å². The summed E-state index contributed by atoms with van der Waals surface area (Å²) in [5.41, 5.74) is 1.06. The van der Waals surface area contributed by atoms with Crippen LogP contribution in [0.4, 0.5) is 9.18 Å². The number of nitrogens with zero attached hydrogens (tertiary/aromatic N) is 2. The quantitative estimate of drug-likeness (QED) is 0.689. The van der Waals surface area contributed by atoms with Crippen LogP contribution in [-0.4, -0.2) is 54.7 Å². The number of carbonyl (C=O) groups is 1. The highest BCUT2D eigenvalue weighted by Crippen LogP contribution is 2.31. The molecule has 4 rings (SSSR count). The number of amides is 1. The van der Waals surface area contributed by atoms with Crippen molar-refractivity contribution in [3.63, 3.8) is 0 Å². The summed E-state index contributed by atoms with van der Waals surface area (Å²) in [6.45, 7) is 4.50. The van der Waals surface area contributed by atoms with E-state index in [1.165, 1.54) is 18.9 Å². The zero-order valence-electron chi connectivity index (χ0n) is 15.0. The van der Waals surface area contributed by atoms with Crippen LogP contribution < -0.4 is 0 Å². The highest BCUT2D eigenvalue weighted by atomic mass is 79.9. The first-order valence-electron chi connectivity index (χ1n) is 9.68. The van der Waals surface area contributed by atoms with E-state index in [4.69, 9.17) is 4.74 Å². The molecule has 1 amide bonds. The van der Waals surface area contributed by atoms with E-state index in [1.54, 1.807) is 12.1 Å². The Hall–Kier alpha value is -1.14. The van der Waals surface area contributed by atoms with Crippen molar-refractivity contribution in [3.8, 4) is 0 Å². The fourth-order valence-corrected chi connectivity index (χ4v) is 4.51. The Balaban J connectivity index is 1.22. The maximum absolute atomic E-state index is 13.5. The SMILES string of the molecule is O=C1OC(CN2CCC(Cc3cc(F)ccc3Br)CC2)CN1CC1CC1. The van der Waals surface area contributed by atoms with Crippen molar-refractivity contribution < 1.29 is 13.9 Å². The van der Waals surface area contributed by atoms with Crippen LogP contribution in [0.1, 0.15) is 31.2 Å². The monoisotopic (exact) mass is 424 g/mol. The summed E-state index contributed by atoms with van der Waals surface area (Å²) in [5.74, 6) is 1.13. The smallest absolute Gasteiger partial charge is 0.410 e. The van der Waals surface area contributed by atoms with Gasteiger partial charge in [-0.1, -0.05) is 15.9 Å². The van der Waals surface area contributed by atoms with Crippen molar-refractivity contribution in [1.29, 1.82) is 0 Å². The van der Waals surface area contributed by atoms with Crippen LogP contribution in [0.3, 0.4) is 0 Å². The molecule has 1 aromatic rings. The average molecular weight is 425 g/mol. The summed E-state index contributed by atoms with van der Waals surface area (Å²) in [5, 5.41) is 0. The second-order valence-corrected chi connectivity index (χ2v) is 8.89. The summed E-state index contributed by atoms with van der Waals surface area (Å²) in [7, 11) is 0. The maximum atomic E-state index is 13.5. The van der Waals surface area contributed by atoms with E-state index in [0.29, 0.717) is 11.8 Å². The normalized spacial score (nSPS) is 24.9. The van der Waals surface area contributed by atoms with Gasteiger partial charge in [-0.15, -0.1) is 0 Å². The van der Waals surface area contributed by atoms with Crippen molar-refractivity contribution in [2.45, 2.75) is 38.2 Å². The lowest BCUT2D eigenvalue weighted by atomic mass is 9.90. The van der Waals surface area contributed by atoms with Gasteiger partial charge in [0.15, 0.2) is 0 Å². The predicted molar refractivity (Wildman–Crippen MR) is 102 cm³/mol. The molecule has 0 bridgehead atoms. The summed E-state index contributed by atoms with van der Waals surface area (Å²) in [4.78, 5) is 16.3. The van der Waals surface area contributed by atoms with E-state index >= 15 is 0 Å². The lowest BCUT2D eigenvalue weighted by Gasteiger charge is -2.33. The second kappa shape index (κ2) is 7.85. The number of rotatable bonds is 6. The zero-order chi connectivity index (χ0) is 18.1. The topological polar surface area (TPSA) is 32.8 Å². The van der Waals surface area contributed by atoms with Gasteiger partial charge in [0.25, 0.3) is 0 Å². The molecule has 142 valence electrons. The van der Waals surface area contributed by atoms with Gasteiger partial charge in [0.1, 0.15) is 11.9 Å². The maximum Gasteiger partial charge on any atom is 0.410 e. The number of cyclic esters (lactones) is 1. The number of benzene rings is 1. The standard InChI is InChI=1S/C20H26BrFN2O2/c21-19-4-3-17(22)10-16(19)9-14-5-7-23(8-6-14)12-18-13-24(20(25)26-18)11-15-1-2-15/h3-4,10,14-15,18H,1-2,5-9,11-13H2. The third-order valence-corrected chi connectivity index (χ3v) is 6.58. The average Bonchev–Trinajstić information content (AvgIpc) is 3.36. The minimum atomic E-state index is -0.167. The number of carbonyl (C=O) groups excluding carboxylic acids is 1. The first-order chi connectivity index (χ1) is 12.6. The van der Waals surface area contributed by atoms with E-state index < -0.39 is 0 Å². The van der Waals surface area contributed by atoms with Gasteiger partial charge in [-0.05, 0) is 80.8 Å². The predicted octanol–water partition coefficient (Wildman–Crippen LogP) is 4.07. The molecule has 0 spiro atoms. The van der Waals surface area contributed by atoms with Gasteiger partial charge in [-0.3, -0.25) is 4.90 Å². The van der Waals surface area contributed by atoms with Crippen LogP contribution in [0.2, 0.25) is 0 Å². The van der Waals surface area contributed by atoms with Gasteiger partial charge in [0.05, 0.1) is 6.54 Å². The first kappa shape index (κ1) is 18.2. The molecule has 2 aliphatic heterocycles. The number of hydrogen-bond donors (Lipinski definition) is 0. The number of likely N-dealkylation sites (tertiary alicyclic amines) is 1. The Morgan fingerprint density at radius 2 is 1.88 bits per heavy atom. The van der Waals surface area contributed by atoms with Crippen LogP contribution in [-0.2, 0) is 11.2 Å². The Kier molecular flexibility index (Phi) is 5.50. The lowest BCUT2D eigenvalue weighted by molar-refractivity contribution is 0.0904. The Labute approximate surface area is 162 Å². The Morgan fingerprint density at radius 3 is 2.62 bits per heavy atom. The fourth-order valence-electron chi connectivity index (χ4n) is 4.10. The molecule has 4 nitrogen and oxygen atoms in total. The molecule has 3 aliphatic rings. The molecule has 1 unspecified atom stereocenters. The zero-order valence-corrected chi connectivity index (χ0v) is 16.6. The molecular formula is C20H26BrFN2O2. The lowest BCUT2D eigenvalue weighted by Crippen LogP contribution is -2.40. The van der Waals surface area contributed by atoms with Gasteiger partial charge >= 0.3 is 6.09 Å². The molecular weight excluding hydrogens is 399 g/mol. The van der Waals surface area contributed by atoms with Crippen LogP contribution in [0, 0.1) is 17.7 Å². The van der Waals surface area contributed by atoms with Crippen LogP contribution in [0.25, 0.3) is 0 Å². The van der Waals surface area contributed by atoms with Crippen molar-refractivity contribution in [2.24, 2.45) is 11.8 Å². The van der Waals surface area contributed by atoms with Crippen molar-refractivity contribution in [2.75, 3.05) is 32.7 Å². The molecule has 0 N–H and O–H groups in total. The van der Waals surface area contributed by atoms with Gasteiger partial charge in [-0.2, -0.15) is 0 Å². The van der Waals surface area contributed by atoms with E-state index in [1.807, 2.05) is 4.90 Å². The number of piperidine rings is 1. The van der Waals surface area contributed by atoms with E-state index in [-0.39, 0.29) is 18.0 Å². The molecule has 1 aromatic carbocycles. The largest absolute Gasteiger partial charge is 0.443 e. The van der Waals surface area contributed by atoms with Crippen molar-refractivity contribution in [1.82, 2.24) is 9.80 Å².